The van der Waals surface area contributed by atoms with Crippen LogP contribution < -0.4 is 11.1 Å². The highest BCUT2D eigenvalue weighted by Gasteiger charge is 2.12. The maximum atomic E-state index is 11.9. The summed E-state index contributed by atoms with van der Waals surface area (Å²) in [6.07, 6.45) is 0. The lowest BCUT2D eigenvalue weighted by molar-refractivity contribution is 0.0995. The van der Waals surface area contributed by atoms with Gasteiger partial charge in [-0.3, -0.25) is 4.79 Å². The van der Waals surface area contributed by atoms with Crippen LogP contribution in [0.1, 0.15) is 27.4 Å². The van der Waals surface area contributed by atoms with Crippen LogP contribution in [0.2, 0.25) is 0 Å². The molecule has 4 nitrogen and oxygen atoms in total. The fourth-order valence-corrected chi connectivity index (χ4v) is 1.71. The van der Waals surface area contributed by atoms with Crippen molar-refractivity contribution in [3.8, 4) is 0 Å². The molecular formula is C14H16N2O2. The fourth-order valence-electron chi connectivity index (χ4n) is 1.71. The fraction of sp³-hybridized carbons (Fsp3) is 0.214. The second kappa shape index (κ2) is 4.56. The van der Waals surface area contributed by atoms with Gasteiger partial charge in [0.1, 0.15) is 5.76 Å². The Kier molecular flexibility index (Phi) is 3.10. The maximum Gasteiger partial charge on any atom is 0.291 e. The number of anilines is 2. The molecule has 1 amide bonds. The molecule has 0 saturated carbocycles. The molecule has 0 bridgehead atoms. The molecule has 2 aromatic rings. The third-order valence-corrected chi connectivity index (χ3v) is 2.83. The highest BCUT2D eigenvalue weighted by atomic mass is 16.3. The molecule has 1 heterocycles. The van der Waals surface area contributed by atoms with Gasteiger partial charge in [0.2, 0.25) is 0 Å². The molecule has 0 atom stereocenters. The van der Waals surface area contributed by atoms with Gasteiger partial charge in [0.05, 0.1) is 0 Å². The Morgan fingerprint density at radius 2 is 1.89 bits per heavy atom. The quantitative estimate of drug-likeness (QED) is 0.798. The lowest BCUT2D eigenvalue weighted by atomic mass is 10.1. The van der Waals surface area contributed by atoms with Crippen molar-refractivity contribution in [2.24, 2.45) is 0 Å². The van der Waals surface area contributed by atoms with E-state index in [2.05, 4.69) is 5.32 Å². The summed E-state index contributed by atoms with van der Waals surface area (Å²) in [5, 5.41) is 2.82. The van der Waals surface area contributed by atoms with E-state index in [1.165, 1.54) is 0 Å². The van der Waals surface area contributed by atoms with Crippen LogP contribution in [0.5, 0.6) is 0 Å². The van der Waals surface area contributed by atoms with Crippen LogP contribution >= 0.6 is 0 Å². The van der Waals surface area contributed by atoms with E-state index in [4.69, 9.17) is 10.2 Å². The van der Waals surface area contributed by atoms with Crippen molar-refractivity contribution < 1.29 is 9.21 Å². The molecule has 0 fully saturated rings. The number of rotatable bonds is 2. The minimum Gasteiger partial charge on any atom is -0.456 e. The third kappa shape index (κ3) is 2.37. The van der Waals surface area contributed by atoms with Crippen molar-refractivity contribution >= 4 is 17.3 Å². The van der Waals surface area contributed by atoms with Gasteiger partial charge in [0.15, 0.2) is 5.76 Å². The van der Waals surface area contributed by atoms with Crippen LogP contribution in [0.15, 0.2) is 28.7 Å². The summed E-state index contributed by atoms with van der Waals surface area (Å²) in [6.45, 7) is 5.61. The van der Waals surface area contributed by atoms with Crippen LogP contribution in [-0.2, 0) is 0 Å². The molecule has 94 valence electrons. The van der Waals surface area contributed by atoms with Crippen LogP contribution in [0.25, 0.3) is 0 Å². The van der Waals surface area contributed by atoms with Crippen LogP contribution in [0, 0.1) is 20.8 Å². The van der Waals surface area contributed by atoms with Gasteiger partial charge in [-0.25, -0.2) is 0 Å². The lowest BCUT2D eigenvalue weighted by Crippen LogP contribution is -2.12. The third-order valence-electron chi connectivity index (χ3n) is 2.83. The summed E-state index contributed by atoms with van der Waals surface area (Å²) in [4.78, 5) is 11.9. The molecule has 2 rings (SSSR count). The van der Waals surface area contributed by atoms with E-state index in [1.54, 1.807) is 19.1 Å². The molecule has 18 heavy (non-hydrogen) atoms. The minimum absolute atomic E-state index is 0.254. The summed E-state index contributed by atoms with van der Waals surface area (Å²) in [6, 6.07) is 7.12. The Bertz CT molecular complexity index is 600. The SMILES string of the molecule is Cc1ccc(C(=O)Nc2cc(C)c(N)cc2C)o1. The summed E-state index contributed by atoms with van der Waals surface area (Å²) in [7, 11) is 0. The Balaban J connectivity index is 2.24. The van der Waals surface area contributed by atoms with Crippen molar-refractivity contribution in [1.29, 1.82) is 0 Å². The van der Waals surface area contributed by atoms with Crippen molar-refractivity contribution in [3.05, 3.63) is 46.9 Å². The number of aryl methyl sites for hydroxylation is 3. The van der Waals surface area contributed by atoms with Crippen LogP contribution in [0.4, 0.5) is 11.4 Å². The molecule has 0 aliphatic rings. The number of carbonyl (C=O) groups excluding carboxylic acids is 1. The van der Waals surface area contributed by atoms with Crippen molar-refractivity contribution in [2.75, 3.05) is 11.1 Å². The molecule has 0 unspecified atom stereocenters. The standard InChI is InChI=1S/C14H16N2O2/c1-8-7-12(9(2)6-11(8)15)16-14(17)13-5-4-10(3)18-13/h4-7H,15H2,1-3H3,(H,16,17). The molecular weight excluding hydrogens is 228 g/mol. The number of furan rings is 1. The Labute approximate surface area is 106 Å². The number of amides is 1. The predicted molar refractivity (Wildman–Crippen MR) is 71.7 cm³/mol. The highest BCUT2D eigenvalue weighted by molar-refractivity contribution is 6.02. The zero-order valence-electron chi connectivity index (χ0n) is 10.7. The van der Waals surface area contributed by atoms with Gasteiger partial charge < -0.3 is 15.5 Å². The van der Waals surface area contributed by atoms with Crippen LogP contribution in [-0.4, -0.2) is 5.91 Å². The highest BCUT2D eigenvalue weighted by Crippen LogP contribution is 2.22. The summed E-state index contributed by atoms with van der Waals surface area (Å²) in [5.41, 5.74) is 9.14. The number of nitrogen functional groups attached to an aromatic ring is 1. The van der Waals surface area contributed by atoms with Crippen molar-refractivity contribution in [1.82, 2.24) is 0 Å². The normalized spacial score (nSPS) is 10.4. The topological polar surface area (TPSA) is 68.3 Å². The second-order valence-corrected chi connectivity index (χ2v) is 4.39. The monoisotopic (exact) mass is 244 g/mol. The van der Waals surface area contributed by atoms with E-state index < -0.39 is 0 Å². The summed E-state index contributed by atoms with van der Waals surface area (Å²) >= 11 is 0. The summed E-state index contributed by atoms with van der Waals surface area (Å²) in [5.74, 6) is 0.766. The van der Waals surface area contributed by atoms with Gasteiger partial charge in [-0.05, 0) is 56.2 Å². The number of hydrogen-bond acceptors (Lipinski definition) is 3. The molecule has 0 saturated heterocycles. The number of nitrogens with one attached hydrogen (secondary N) is 1. The molecule has 3 N–H and O–H groups in total. The van der Waals surface area contributed by atoms with Gasteiger partial charge in [-0.1, -0.05) is 0 Å². The maximum absolute atomic E-state index is 11.9. The molecule has 0 spiro atoms. The molecule has 1 aromatic heterocycles. The number of nitrogens with two attached hydrogens (primary N) is 1. The predicted octanol–water partition coefficient (Wildman–Crippen LogP) is 3.04. The van der Waals surface area contributed by atoms with E-state index in [0.29, 0.717) is 11.5 Å². The van der Waals surface area contributed by atoms with Crippen molar-refractivity contribution in [2.45, 2.75) is 20.8 Å². The van der Waals surface area contributed by atoms with E-state index >= 15 is 0 Å². The van der Waals surface area contributed by atoms with E-state index in [-0.39, 0.29) is 5.91 Å². The largest absolute Gasteiger partial charge is 0.456 e. The Hall–Kier alpha value is -2.23. The summed E-state index contributed by atoms with van der Waals surface area (Å²) < 4.78 is 5.27. The molecule has 0 aliphatic carbocycles. The van der Waals surface area contributed by atoms with Gasteiger partial charge in [0.25, 0.3) is 5.91 Å². The first-order chi connectivity index (χ1) is 8.47. The van der Waals surface area contributed by atoms with Crippen molar-refractivity contribution in [3.63, 3.8) is 0 Å². The Morgan fingerprint density at radius 1 is 1.17 bits per heavy atom. The van der Waals surface area contributed by atoms with E-state index in [1.807, 2.05) is 26.0 Å². The first-order valence-electron chi connectivity index (χ1n) is 5.72. The van der Waals surface area contributed by atoms with Gasteiger partial charge in [0, 0.05) is 11.4 Å². The molecule has 4 heteroatoms. The first-order valence-corrected chi connectivity index (χ1v) is 5.72. The molecule has 0 aliphatic heterocycles. The number of carbonyl (C=O) groups is 1. The lowest BCUT2D eigenvalue weighted by Gasteiger charge is -2.10. The zero-order chi connectivity index (χ0) is 13.3. The minimum atomic E-state index is -0.254. The first kappa shape index (κ1) is 12.2. The van der Waals surface area contributed by atoms with Gasteiger partial charge in [-0.2, -0.15) is 0 Å². The average molecular weight is 244 g/mol. The second-order valence-electron chi connectivity index (χ2n) is 4.39. The average Bonchev–Trinajstić information content (AvgIpc) is 2.73. The number of benzene rings is 1. The van der Waals surface area contributed by atoms with Gasteiger partial charge in [-0.15, -0.1) is 0 Å². The van der Waals surface area contributed by atoms with Gasteiger partial charge >= 0.3 is 0 Å². The van der Waals surface area contributed by atoms with E-state index in [9.17, 15) is 4.79 Å². The smallest absolute Gasteiger partial charge is 0.291 e. The molecule has 1 aromatic carbocycles. The zero-order valence-corrected chi connectivity index (χ0v) is 10.7. The number of hydrogen-bond donors (Lipinski definition) is 2. The van der Waals surface area contributed by atoms with Crippen LogP contribution in [0.3, 0.4) is 0 Å². The molecule has 0 radical (unpaired) electrons. The Morgan fingerprint density at radius 3 is 2.50 bits per heavy atom. The van der Waals surface area contributed by atoms with E-state index in [0.717, 1.165) is 22.5 Å².